The predicted molar refractivity (Wildman–Crippen MR) is 205 cm³/mol. The van der Waals surface area contributed by atoms with Gasteiger partial charge in [-0.3, -0.25) is 19.2 Å². The number of aliphatic hydroxyl groups excluding tert-OH is 2. The zero-order chi connectivity index (χ0) is 37.2. The molecule has 0 spiro atoms. The number of hydrogen-bond donors (Lipinski definition) is 2. The third kappa shape index (κ3) is 10.8. The Morgan fingerprint density at radius 3 is 1.08 bits per heavy atom. The second kappa shape index (κ2) is 19.5. The highest BCUT2D eigenvalue weighted by Gasteiger charge is 2.37. The number of benzene rings is 3. The van der Waals surface area contributed by atoms with Crippen molar-refractivity contribution in [3.05, 3.63) is 108 Å². The number of ketones is 1. The van der Waals surface area contributed by atoms with Gasteiger partial charge in [-0.2, -0.15) is 0 Å². The summed E-state index contributed by atoms with van der Waals surface area (Å²) >= 11 is 0. The maximum Gasteiger partial charge on any atom is 0.223 e. The maximum atomic E-state index is 11.9. The number of carbonyl (C=O) groups is 4. The van der Waals surface area contributed by atoms with Crippen LogP contribution in [0.2, 0.25) is 0 Å². The molecule has 3 amide bonds. The van der Waals surface area contributed by atoms with Gasteiger partial charge < -0.3 is 24.9 Å². The van der Waals surface area contributed by atoms with E-state index in [1.165, 1.54) is 0 Å². The molecule has 0 radical (unpaired) electrons. The number of likely N-dealkylation sites (tertiary alicyclic amines) is 3. The minimum Gasteiger partial charge on any atom is -0.393 e. The van der Waals surface area contributed by atoms with Gasteiger partial charge in [-0.25, -0.2) is 0 Å². The highest BCUT2D eigenvalue weighted by atomic mass is 16.3. The Bertz CT molecular complexity index is 1500. The van der Waals surface area contributed by atoms with E-state index in [1.54, 1.807) is 25.7 Å². The number of carbonyl (C=O) groups excluding carboxylic acids is 4. The van der Waals surface area contributed by atoms with E-state index in [9.17, 15) is 29.4 Å². The molecule has 3 aliphatic heterocycles. The first-order valence-electron chi connectivity index (χ1n) is 18.2. The van der Waals surface area contributed by atoms with Crippen LogP contribution >= 0.6 is 0 Å². The summed E-state index contributed by atoms with van der Waals surface area (Å²) in [5, 5.41) is 19.1. The van der Waals surface area contributed by atoms with Crippen molar-refractivity contribution in [2.24, 2.45) is 17.8 Å². The summed E-state index contributed by atoms with van der Waals surface area (Å²) in [7, 11) is 0. The van der Waals surface area contributed by atoms with Crippen molar-refractivity contribution in [3.63, 3.8) is 0 Å². The van der Waals surface area contributed by atoms with Gasteiger partial charge in [-0.15, -0.1) is 0 Å². The second-order valence-corrected chi connectivity index (χ2v) is 14.3. The van der Waals surface area contributed by atoms with Gasteiger partial charge in [-0.1, -0.05) is 98.4 Å². The van der Waals surface area contributed by atoms with E-state index in [0.717, 1.165) is 16.7 Å². The Morgan fingerprint density at radius 1 is 0.538 bits per heavy atom. The lowest BCUT2D eigenvalue weighted by atomic mass is 10.0. The lowest BCUT2D eigenvalue weighted by molar-refractivity contribution is -0.130. The van der Waals surface area contributed by atoms with E-state index in [0.29, 0.717) is 38.9 Å². The van der Waals surface area contributed by atoms with E-state index in [2.05, 4.69) is 0 Å². The first-order valence-corrected chi connectivity index (χ1v) is 18.2. The normalized spacial score (nSPS) is 22.7. The first-order chi connectivity index (χ1) is 24.3. The molecule has 3 fully saturated rings. The van der Waals surface area contributed by atoms with E-state index in [4.69, 9.17) is 0 Å². The zero-order valence-electron chi connectivity index (χ0n) is 30.9. The third-order valence-electron chi connectivity index (χ3n) is 10.7. The standard InChI is InChI=1S/2C14H19NO2.C14H17NO2.CH4/c3*1-10(12-6-4-3-5-7-12)15-9-13(11(2)16)8-14(15)17;/h2*3-7,10-11,13,16H,8-9H2,1-2H3;3-7,10,13H,8-9H2,1-2H3;1H4/t10-,11+,13-;10-,11-,13-;10-,13-;/m111./s1. The molecule has 282 valence electrons. The van der Waals surface area contributed by atoms with Gasteiger partial charge in [0.2, 0.25) is 17.7 Å². The second-order valence-electron chi connectivity index (χ2n) is 14.3. The molecule has 0 bridgehead atoms. The molecule has 0 unspecified atom stereocenters. The van der Waals surface area contributed by atoms with Crippen molar-refractivity contribution in [1.82, 2.24) is 14.7 Å². The number of nitrogens with zero attached hydrogens (tertiary/aromatic N) is 3. The molecular weight excluding hydrogens is 654 g/mol. The van der Waals surface area contributed by atoms with E-state index >= 15 is 0 Å². The van der Waals surface area contributed by atoms with Crippen molar-refractivity contribution < 1.29 is 29.4 Å². The molecule has 3 aliphatic rings. The van der Waals surface area contributed by atoms with Crippen molar-refractivity contribution in [2.75, 3.05) is 19.6 Å². The fraction of sp³-hybridized carbons (Fsp3) is 0.488. The quantitative estimate of drug-likeness (QED) is 0.253. The molecule has 9 heteroatoms. The van der Waals surface area contributed by atoms with Crippen molar-refractivity contribution in [2.45, 2.75) is 98.6 Å². The van der Waals surface area contributed by atoms with Crippen LogP contribution in [0.15, 0.2) is 91.0 Å². The molecule has 3 heterocycles. The third-order valence-corrected chi connectivity index (χ3v) is 10.7. The summed E-state index contributed by atoms with van der Waals surface area (Å²) in [6.45, 7) is 13.0. The minimum absolute atomic E-state index is 0. The van der Waals surface area contributed by atoms with Crippen LogP contribution in [0, 0.1) is 17.8 Å². The van der Waals surface area contributed by atoms with Gasteiger partial charge in [0.25, 0.3) is 0 Å². The minimum atomic E-state index is -0.410. The Hall–Kier alpha value is -4.34. The zero-order valence-corrected chi connectivity index (χ0v) is 30.9. The fourth-order valence-corrected chi connectivity index (χ4v) is 7.03. The lowest BCUT2D eigenvalue weighted by Crippen LogP contribution is -2.29. The molecule has 3 aromatic carbocycles. The Labute approximate surface area is 310 Å². The van der Waals surface area contributed by atoms with Gasteiger partial charge in [0, 0.05) is 56.7 Å². The Balaban J connectivity index is 0.000000208. The van der Waals surface area contributed by atoms with Crippen LogP contribution in [0.5, 0.6) is 0 Å². The van der Waals surface area contributed by atoms with E-state index in [1.807, 2.05) is 122 Å². The van der Waals surface area contributed by atoms with Gasteiger partial charge >= 0.3 is 0 Å². The van der Waals surface area contributed by atoms with Crippen molar-refractivity contribution in [1.29, 1.82) is 0 Å². The molecule has 52 heavy (non-hydrogen) atoms. The summed E-state index contributed by atoms with van der Waals surface area (Å²) in [4.78, 5) is 52.6. The van der Waals surface area contributed by atoms with Crippen LogP contribution in [-0.2, 0) is 19.2 Å². The summed E-state index contributed by atoms with van der Waals surface area (Å²) in [5.74, 6) is 0.526. The summed E-state index contributed by atoms with van der Waals surface area (Å²) in [6, 6.07) is 30.2. The molecule has 0 saturated carbocycles. The fourth-order valence-electron chi connectivity index (χ4n) is 7.03. The number of rotatable bonds is 9. The predicted octanol–water partition coefficient (Wildman–Crippen LogP) is 6.78. The molecule has 3 aromatic rings. The number of hydrogen-bond acceptors (Lipinski definition) is 6. The topological polar surface area (TPSA) is 118 Å². The molecule has 0 aromatic heterocycles. The highest BCUT2D eigenvalue weighted by molar-refractivity contribution is 5.89. The van der Waals surface area contributed by atoms with Crippen molar-refractivity contribution >= 4 is 23.5 Å². The molecule has 0 aliphatic carbocycles. The van der Waals surface area contributed by atoms with E-state index < -0.39 is 12.2 Å². The van der Waals surface area contributed by atoms with Gasteiger partial charge in [-0.05, 0) is 58.2 Å². The van der Waals surface area contributed by atoms with Gasteiger partial charge in [0.05, 0.1) is 30.3 Å². The smallest absolute Gasteiger partial charge is 0.223 e. The summed E-state index contributed by atoms with van der Waals surface area (Å²) < 4.78 is 0. The summed E-state index contributed by atoms with van der Waals surface area (Å²) in [5.41, 5.74) is 3.41. The van der Waals surface area contributed by atoms with Crippen LogP contribution in [0.3, 0.4) is 0 Å². The Kier molecular flexibility index (Phi) is 15.8. The van der Waals surface area contributed by atoms with Gasteiger partial charge in [0.15, 0.2) is 0 Å². The SMILES string of the molecule is C.CC(=O)[C@@H]1CC(=O)N([C@H](C)c2ccccc2)C1.C[C@H](O)[C@@H]1CC(=O)N([C@H](C)c2ccccc2)C1.C[C@H](c1ccccc1)N1C[C@H]([C@@H](C)O)CC1=O. The molecule has 6 rings (SSSR count). The van der Waals surface area contributed by atoms with Crippen LogP contribution in [-0.4, -0.2) is 80.3 Å². The van der Waals surface area contributed by atoms with Crippen LogP contribution in [0.1, 0.15) is 103 Å². The van der Waals surface area contributed by atoms with Crippen LogP contribution in [0.4, 0.5) is 0 Å². The molecule has 2 N–H and O–H groups in total. The highest BCUT2D eigenvalue weighted by Crippen LogP contribution is 2.31. The maximum absolute atomic E-state index is 11.9. The molecule has 8 atom stereocenters. The Morgan fingerprint density at radius 2 is 0.827 bits per heavy atom. The monoisotopic (exact) mass is 713 g/mol. The summed E-state index contributed by atoms with van der Waals surface area (Å²) in [6.07, 6.45) is 0.481. The van der Waals surface area contributed by atoms with Gasteiger partial charge in [0.1, 0.15) is 5.78 Å². The average molecular weight is 714 g/mol. The van der Waals surface area contributed by atoms with Crippen molar-refractivity contribution in [3.8, 4) is 0 Å². The largest absolute Gasteiger partial charge is 0.393 e. The van der Waals surface area contributed by atoms with Crippen LogP contribution < -0.4 is 0 Å². The molecule has 3 saturated heterocycles. The number of aliphatic hydroxyl groups is 2. The first kappa shape index (κ1) is 42.1. The number of Topliss-reactive ketones (excluding diaryl/α,β-unsaturated/α-hetero) is 1. The van der Waals surface area contributed by atoms with Crippen LogP contribution in [0.25, 0.3) is 0 Å². The molecule has 9 nitrogen and oxygen atoms in total. The molecular formula is C43H59N3O6. The average Bonchev–Trinajstić information content (AvgIpc) is 3.85. The number of amides is 3. The van der Waals surface area contributed by atoms with E-state index in [-0.39, 0.29) is 66.8 Å². The lowest BCUT2D eigenvalue weighted by Gasteiger charge is -2.25.